The Bertz CT molecular complexity index is 2220. The largest absolute Gasteiger partial charge is 0.459 e. The zero-order valence-corrected chi connectivity index (χ0v) is 44.2. The molecule has 404 valence electrons. The van der Waals surface area contributed by atoms with Crippen LogP contribution in [0.4, 0.5) is 0 Å². The highest BCUT2D eigenvalue weighted by molar-refractivity contribution is 5.90. The van der Waals surface area contributed by atoms with Crippen LogP contribution in [0.25, 0.3) is 10.4 Å². The van der Waals surface area contributed by atoms with Crippen LogP contribution < -0.4 is 0 Å². The van der Waals surface area contributed by atoms with E-state index >= 15 is 0 Å². The first kappa shape index (κ1) is 60.5. The lowest BCUT2D eigenvalue weighted by atomic mass is 9.98. The molecule has 1 fully saturated rings. The van der Waals surface area contributed by atoms with Crippen LogP contribution in [0.1, 0.15) is 157 Å². The van der Waals surface area contributed by atoms with Gasteiger partial charge in [0.1, 0.15) is 61.5 Å². The summed E-state index contributed by atoms with van der Waals surface area (Å²) in [6.45, 7) is 9.88. The van der Waals surface area contributed by atoms with E-state index in [0.717, 1.165) is 25.7 Å². The summed E-state index contributed by atoms with van der Waals surface area (Å²) in [4.78, 5) is 70.6. The maximum Gasteiger partial charge on any atom is 0.338 e. The average molecular weight is 1030 g/mol. The molecule has 17 nitrogen and oxygen atoms in total. The molecule has 7 atom stereocenters. The highest BCUT2D eigenvalue weighted by Gasteiger charge is 2.52. The molecule has 0 saturated carbocycles. The summed E-state index contributed by atoms with van der Waals surface area (Å²) in [5.41, 5.74) is 8.73. The lowest BCUT2D eigenvalue weighted by molar-refractivity contribution is -0.313. The van der Waals surface area contributed by atoms with Crippen molar-refractivity contribution in [1.82, 2.24) is 0 Å². The van der Waals surface area contributed by atoms with E-state index in [4.69, 9.17) is 42.6 Å². The molecule has 4 rings (SSSR count). The second-order valence-electron chi connectivity index (χ2n) is 20.1. The SMILES string of the molecule is CCCCCCCCCCCCC/C=C/[C@@H](OC(=O)c1ccccc1)[C@H](CO[C@H]1O[C@H](COC(=O)c2ccccc2)[C@H](OCC(=O)OC(C)(C)C)[C@H](OCC(=O)OC(C)(C)C)[C@H]1OC(=O)c1ccccc1)N=[N+]=[N-]. The topological polar surface area (TPSA) is 217 Å². The second kappa shape index (κ2) is 32.3. The number of hydrogen-bond donors (Lipinski definition) is 0. The Morgan fingerprint density at radius 3 is 1.59 bits per heavy atom. The van der Waals surface area contributed by atoms with Gasteiger partial charge in [-0.1, -0.05) is 137 Å². The van der Waals surface area contributed by atoms with Crippen LogP contribution in [0.5, 0.6) is 0 Å². The number of unbranched alkanes of at least 4 members (excludes halogenated alkanes) is 11. The normalized spacial score (nSPS) is 18.6. The molecule has 17 heteroatoms. The fourth-order valence-corrected chi connectivity index (χ4v) is 7.94. The predicted molar refractivity (Wildman–Crippen MR) is 277 cm³/mol. The number of hydrogen-bond acceptors (Lipinski definition) is 15. The minimum Gasteiger partial charge on any atom is -0.459 e. The molecule has 1 aliphatic rings. The van der Waals surface area contributed by atoms with Crippen molar-refractivity contribution in [3.05, 3.63) is 130 Å². The van der Waals surface area contributed by atoms with Gasteiger partial charge in [0.15, 0.2) is 12.4 Å². The summed E-state index contributed by atoms with van der Waals surface area (Å²) in [5, 5.41) is 4.01. The van der Waals surface area contributed by atoms with Crippen LogP contribution in [0.3, 0.4) is 0 Å². The number of esters is 5. The fraction of sp³-hybridized carbons (Fsp3) is 0.561. The smallest absolute Gasteiger partial charge is 0.338 e. The summed E-state index contributed by atoms with van der Waals surface area (Å²) in [6, 6.07) is 23.3. The maximum atomic E-state index is 14.0. The van der Waals surface area contributed by atoms with Crippen molar-refractivity contribution in [2.75, 3.05) is 26.4 Å². The van der Waals surface area contributed by atoms with E-state index in [1.54, 1.807) is 126 Å². The maximum absolute atomic E-state index is 14.0. The standard InChI is InChI=1S/C57H77N3O14/c1-8-9-10-11-12-13-14-15-16-17-18-19-29-36-45(70-53(64)42-32-25-21-26-33-42)44(59-60-58)37-69-55-51(72-54(65)43-34-27-22-28-35-43)50(67-40-48(62)74-57(5,6)7)49(66-39-47(61)73-56(2,3)4)46(71-55)38-68-52(63)41-30-23-20-24-31-41/h20-36,44-46,49-51,55H,8-19,37-40H2,1-7H3/b36-29+/t44-,45+,46+,49-,50-,51+,55-/m0/s1. The molecule has 74 heavy (non-hydrogen) atoms. The van der Waals surface area contributed by atoms with Crippen molar-refractivity contribution in [2.45, 2.75) is 180 Å². The van der Waals surface area contributed by atoms with E-state index < -0.39 is 110 Å². The zero-order valence-electron chi connectivity index (χ0n) is 44.2. The van der Waals surface area contributed by atoms with Crippen LogP contribution in [-0.4, -0.2) is 110 Å². The molecule has 3 aromatic carbocycles. The molecule has 1 saturated heterocycles. The van der Waals surface area contributed by atoms with E-state index in [1.165, 1.54) is 57.1 Å². The van der Waals surface area contributed by atoms with Gasteiger partial charge in [0.25, 0.3) is 0 Å². The van der Waals surface area contributed by atoms with Crippen LogP contribution in [0.2, 0.25) is 0 Å². The predicted octanol–water partition coefficient (Wildman–Crippen LogP) is 11.4. The van der Waals surface area contributed by atoms with Gasteiger partial charge in [0, 0.05) is 4.91 Å². The highest BCUT2D eigenvalue weighted by Crippen LogP contribution is 2.32. The van der Waals surface area contributed by atoms with Crippen molar-refractivity contribution in [1.29, 1.82) is 0 Å². The van der Waals surface area contributed by atoms with Gasteiger partial charge in [0.2, 0.25) is 0 Å². The first-order chi connectivity index (χ1) is 35.5. The number of carbonyl (C=O) groups is 5. The summed E-state index contributed by atoms with van der Waals surface area (Å²) in [5.74, 6) is -3.83. The van der Waals surface area contributed by atoms with Gasteiger partial charge in [0.05, 0.1) is 23.3 Å². The van der Waals surface area contributed by atoms with Crippen LogP contribution in [0, 0.1) is 0 Å². The Balaban J connectivity index is 1.70. The van der Waals surface area contributed by atoms with E-state index in [2.05, 4.69) is 16.9 Å². The molecule has 0 spiro atoms. The molecule has 0 aromatic heterocycles. The quantitative estimate of drug-likeness (QED) is 0.0111. The van der Waals surface area contributed by atoms with E-state index in [9.17, 15) is 29.5 Å². The number of carbonyl (C=O) groups excluding carboxylic acids is 5. The molecule has 1 heterocycles. The average Bonchev–Trinajstić information content (AvgIpc) is 3.37. The van der Waals surface area contributed by atoms with Crippen molar-refractivity contribution in [3.63, 3.8) is 0 Å². The van der Waals surface area contributed by atoms with Crippen LogP contribution in [0.15, 0.2) is 108 Å². The highest BCUT2D eigenvalue weighted by atomic mass is 16.7. The molecular weight excluding hydrogens is 951 g/mol. The fourth-order valence-electron chi connectivity index (χ4n) is 7.94. The monoisotopic (exact) mass is 1030 g/mol. The molecule has 0 radical (unpaired) electrons. The van der Waals surface area contributed by atoms with Crippen molar-refractivity contribution in [2.24, 2.45) is 5.11 Å². The summed E-state index contributed by atoms with van der Waals surface area (Å²) < 4.78 is 54.4. The number of azide groups is 1. The van der Waals surface area contributed by atoms with Gasteiger partial charge in [-0.2, -0.15) is 0 Å². The third-order valence-corrected chi connectivity index (χ3v) is 11.4. The third kappa shape index (κ3) is 23.0. The van der Waals surface area contributed by atoms with Gasteiger partial charge in [-0.15, -0.1) is 0 Å². The Morgan fingerprint density at radius 1 is 0.622 bits per heavy atom. The second-order valence-corrected chi connectivity index (χ2v) is 20.1. The van der Waals surface area contributed by atoms with Gasteiger partial charge in [-0.25, -0.2) is 24.0 Å². The molecule has 0 N–H and O–H groups in total. The number of benzene rings is 3. The molecule has 0 amide bonds. The Morgan fingerprint density at radius 2 is 1.09 bits per heavy atom. The van der Waals surface area contributed by atoms with Gasteiger partial charge < -0.3 is 42.6 Å². The first-order valence-electron chi connectivity index (χ1n) is 25.9. The minimum atomic E-state index is -1.64. The number of nitrogens with zero attached hydrogens (tertiary/aromatic N) is 3. The Hall–Kier alpha value is -6.10. The van der Waals surface area contributed by atoms with E-state index in [1.807, 2.05) is 6.08 Å². The summed E-state index contributed by atoms with van der Waals surface area (Å²) in [6.07, 6.45) is 8.51. The Labute approximate surface area is 436 Å². The zero-order chi connectivity index (χ0) is 53.8. The van der Waals surface area contributed by atoms with E-state index in [0.29, 0.717) is 6.42 Å². The minimum absolute atomic E-state index is 0.130. The first-order valence-corrected chi connectivity index (χ1v) is 25.9. The van der Waals surface area contributed by atoms with E-state index in [-0.39, 0.29) is 16.7 Å². The molecule has 0 unspecified atom stereocenters. The molecule has 0 bridgehead atoms. The summed E-state index contributed by atoms with van der Waals surface area (Å²) in [7, 11) is 0. The third-order valence-electron chi connectivity index (χ3n) is 11.4. The Kier molecular flexibility index (Phi) is 26.4. The summed E-state index contributed by atoms with van der Waals surface area (Å²) >= 11 is 0. The molecule has 0 aliphatic carbocycles. The van der Waals surface area contributed by atoms with Gasteiger partial charge in [-0.05, 0) is 102 Å². The van der Waals surface area contributed by atoms with Gasteiger partial charge >= 0.3 is 29.8 Å². The van der Waals surface area contributed by atoms with Crippen LogP contribution in [-0.2, 0) is 52.2 Å². The molecule has 1 aliphatic heterocycles. The number of ether oxygens (including phenoxy) is 9. The van der Waals surface area contributed by atoms with Crippen molar-refractivity contribution >= 4 is 29.8 Å². The van der Waals surface area contributed by atoms with Crippen LogP contribution >= 0.6 is 0 Å². The number of allylic oxidation sites excluding steroid dienone is 1. The molecule has 3 aromatic rings. The lowest BCUT2D eigenvalue weighted by Gasteiger charge is -2.45. The number of rotatable bonds is 31. The van der Waals surface area contributed by atoms with Crippen molar-refractivity contribution in [3.8, 4) is 0 Å². The molecular formula is C57H77N3O14. The van der Waals surface area contributed by atoms with Crippen molar-refractivity contribution < 1.29 is 66.6 Å². The van der Waals surface area contributed by atoms with Gasteiger partial charge in [-0.3, -0.25) is 0 Å². The lowest BCUT2D eigenvalue weighted by Crippen LogP contribution is -2.63.